The highest BCUT2D eigenvalue weighted by molar-refractivity contribution is 14.1. The lowest BCUT2D eigenvalue weighted by Gasteiger charge is -2.19. The van der Waals surface area contributed by atoms with Crippen molar-refractivity contribution < 1.29 is 14.3 Å². The van der Waals surface area contributed by atoms with Crippen LogP contribution in [-0.4, -0.2) is 28.2 Å². The largest absolute Gasteiger partial charge is 0.488 e. The number of amides is 1. The van der Waals surface area contributed by atoms with Gasteiger partial charge < -0.3 is 9.47 Å². The van der Waals surface area contributed by atoms with Crippen LogP contribution >= 0.6 is 34.2 Å². The van der Waals surface area contributed by atoms with Crippen LogP contribution in [0.3, 0.4) is 0 Å². The monoisotopic (exact) mass is 407 g/mol. The number of alkyl halides is 1. The van der Waals surface area contributed by atoms with Crippen molar-refractivity contribution in [2.45, 2.75) is 16.9 Å². The molecular weight excluding hydrogens is 393 g/mol. The van der Waals surface area contributed by atoms with E-state index in [1.807, 2.05) is 0 Å². The van der Waals surface area contributed by atoms with E-state index in [0.29, 0.717) is 23.1 Å². The normalized spacial score (nSPS) is 17.9. The molecule has 0 aromatic heterocycles. The molecule has 1 heterocycles. The van der Waals surface area contributed by atoms with E-state index >= 15 is 0 Å². The summed E-state index contributed by atoms with van der Waals surface area (Å²) in [5.74, 6) is 0.901. The van der Waals surface area contributed by atoms with Crippen LogP contribution in [0.2, 0.25) is 5.02 Å². The molecule has 0 N–H and O–H groups in total. The lowest BCUT2D eigenvalue weighted by Crippen LogP contribution is -2.34. The van der Waals surface area contributed by atoms with Crippen LogP contribution in [0.15, 0.2) is 30.9 Å². The molecule has 4 nitrogen and oxygen atoms in total. The standard InChI is InChI=1S/C14H15ClINO3/c1-2-8-19-12-9-10(5-6-11(12)15)20-14(18)17-7-3-4-13(17)16/h2,5-6,9,13H,1,3-4,7-8H2. The first-order valence-corrected chi connectivity index (χ1v) is 7.90. The molecule has 0 saturated carbocycles. The summed E-state index contributed by atoms with van der Waals surface area (Å²) in [6, 6.07) is 4.91. The first-order valence-electron chi connectivity index (χ1n) is 6.27. The summed E-state index contributed by atoms with van der Waals surface area (Å²) in [6.45, 7) is 4.66. The van der Waals surface area contributed by atoms with Gasteiger partial charge in [-0.15, -0.1) is 0 Å². The minimum Gasteiger partial charge on any atom is -0.488 e. The number of nitrogens with zero attached hydrogens (tertiary/aromatic N) is 1. The van der Waals surface area contributed by atoms with Crippen molar-refractivity contribution in [3.63, 3.8) is 0 Å². The number of halogens is 2. The van der Waals surface area contributed by atoms with Crippen LogP contribution in [-0.2, 0) is 0 Å². The molecule has 1 aromatic rings. The molecular formula is C14H15ClINO3. The minimum atomic E-state index is -0.334. The van der Waals surface area contributed by atoms with E-state index in [-0.39, 0.29) is 10.1 Å². The van der Waals surface area contributed by atoms with Crippen molar-refractivity contribution in [2.24, 2.45) is 0 Å². The van der Waals surface area contributed by atoms with Crippen molar-refractivity contribution >= 4 is 40.3 Å². The Balaban J connectivity index is 2.05. The average Bonchev–Trinajstić information content (AvgIpc) is 2.85. The van der Waals surface area contributed by atoms with Gasteiger partial charge in [0.25, 0.3) is 0 Å². The summed E-state index contributed by atoms with van der Waals surface area (Å²) >= 11 is 8.26. The number of likely N-dealkylation sites (tertiary alicyclic amines) is 1. The summed E-state index contributed by atoms with van der Waals surface area (Å²) in [5.41, 5.74) is 0. The summed E-state index contributed by atoms with van der Waals surface area (Å²) < 4.78 is 11.0. The van der Waals surface area contributed by atoms with Crippen LogP contribution < -0.4 is 9.47 Å². The van der Waals surface area contributed by atoms with Gasteiger partial charge in [0.15, 0.2) is 0 Å². The predicted molar refractivity (Wildman–Crippen MR) is 86.9 cm³/mol. The second-order valence-corrected chi connectivity index (χ2v) is 6.18. The van der Waals surface area contributed by atoms with Crippen LogP contribution in [0.4, 0.5) is 4.79 Å². The lowest BCUT2D eigenvalue weighted by atomic mass is 10.3. The molecule has 6 heteroatoms. The van der Waals surface area contributed by atoms with E-state index in [1.165, 1.54) is 0 Å². The van der Waals surface area contributed by atoms with Crippen molar-refractivity contribution in [3.8, 4) is 11.5 Å². The molecule has 0 bridgehead atoms. The third-order valence-corrected chi connectivity index (χ3v) is 4.49. The maximum absolute atomic E-state index is 12.0. The van der Waals surface area contributed by atoms with Gasteiger partial charge in [0.05, 0.1) is 9.07 Å². The van der Waals surface area contributed by atoms with Gasteiger partial charge in [-0.05, 0) is 25.0 Å². The van der Waals surface area contributed by atoms with E-state index < -0.39 is 0 Å². The maximum Gasteiger partial charge on any atom is 0.416 e. The molecule has 1 amide bonds. The summed E-state index contributed by atoms with van der Waals surface area (Å²) in [4.78, 5) is 13.8. The summed E-state index contributed by atoms with van der Waals surface area (Å²) in [6.07, 6.45) is 3.31. The van der Waals surface area contributed by atoms with Crippen molar-refractivity contribution in [1.29, 1.82) is 0 Å². The van der Waals surface area contributed by atoms with Gasteiger partial charge in [-0.2, -0.15) is 0 Å². The SMILES string of the molecule is C=CCOc1cc(OC(=O)N2CCCC2I)ccc1Cl. The predicted octanol–water partition coefficient (Wildman–Crippen LogP) is 4.26. The van der Waals surface area contributed by atoms with Crippen LogP contribution in [0, 0.1) is 0 Å². The molecule has 1 aromatic carbocycles. The zero-order valence-corrected chi connectivity index (χ0v) is 13.8. The maximum atomic E-state index is 12.0. The Morgan fingerprint density at radius 3 is 3.05 bits per heavy atom. The Morgan fingerprint density at radius 2 is 2.40 bits per heavy atom. The number of hydrogen-bond donors (Lipinski definition) is 0. The molecule has 1 unspecified atom stereocenters. The fourth-order valence-corrected chi connectivity index (χ4v) is 3.02. The Hall–Kier alpha value is -0.950. The molecule has 0 aliphatic carbocycles. The fraction of sp³-hybridized carbons (Fsp3) is 0.357. The molecule has 1 atom stereocenters. The minimum absolute atomic E-state index is 0.198. The third kappa shape index (κ3) is 3.79. The Bertz CT molecular complexity index is 509. The topological polar surface area (TPSA) is 38.8 Å². The third-order valence-electron chi connectivity index (χ3n) is 2.88. The Morgan fingerprint density at radius 1 is 1.60 bits per heavy atom. The molecule has 108 valence electrons. The lowest BCUT2D eigenvalue weighted by molar-refractivity contribution is 0.160. The van der Waals surface area contributed by atoms with Gasteiger partial charge in [0.1, 0.15) is 18.1 Å². The van der Waals surface area contributed by atoms with Gasteiger partial charge >= 0.3 is 6.09 Å². The Labute approximate surface area is 136 Å². The van der Waals surface area contributed by atoms with Crippen molar-refractivity contribution in [3.05, 3.63) is 35.9 Å². The highest BCUT2D eigenvalue weighted by atomic mass is 127. The molecule has 0 spiro atoms. The van der Waals surface area contributed by atoms with Crippen LogP contribution in [0.25, 0.3) is 0 Å². The second-order valence-electron chi connectivity index (χ2n) is 4.33. The molecule has 1 fully saturated rings. The Kier molecular flexibility index (Phi) is 5.54. The fourth-order valence-electron chi connectivity index (χ4n) is 1.90. The van der Waals surface area contributed by atoms with E-state index in [0.717, 1.165) is 19.4 Å². The molecule has 1 saturated heterocycles. The summed E-state index contributed by atoms with van der Waals surface area (Å²) in [5, 5.41) is 0.472. The van der Waals surface area contributed by atoms with E-state index in [2.05, 4.69) is 29.2 Å². The van der Waals surface area contributed by atoms with Crippen molar-refractivity contribution in [1.82, 2.24) is 4.90 Å². The molecule has 20 heavy (non-hydrogen) atoms. The molecule has 2 rings (SSSR count). The van der Waals surface area contributed by atoms with Gasteiger partial charge in [-0.1, -0.05) is 46.8 Å². The van der Waals surface area contributed by atoms with E-state index in [4.69, 9.17) is 21.1 Å². The zero-order valence-electron chi connectivity index (χ0n) is 10.9. The first-order chi connectivity index (χ1) is 9.61. The number of benzene rings is 1. The smallest absolute Gasteiger partial charge is 0.416 e. The molecule has 1 aliphatic heterocycles. The summed E-state index contributed by atoms with van der Waals surface area (Å²) in [7, 11) is 0. The quantitative estimate of drug-likeness (QED) is 0.324. The van der Waals surface area contributed by atoms with Gasteiger partial charge in [-0.3, -0.25) is 4.90 Å². The number of rotatable bonds is 4. The number of ether oxygens (including phenoxy) is 2. The van der Waals surface area contributed by atoms with Gasteiger partial charge in [-0.25, -0.2) is 4.79 Å². The average molecular weight is 408 g/mol. The van der Waals surface area contributed by atoms with Crippen LogP contribution in [0.1, 0.15) is 12.8 Å². The number of hydrogen-bond acceptors (Lipinski definition) is 3. The molecule has 1 aliphatic rings. The van der Waals surface area contributed by atoms with Crippen LogP contribution in [0.5, 0.6) is 11.5 Å². The first kappa shape index (κ1) is 15.4. The van der Waals surface area contributed by atoms with Gasteiger partial charge in [0, 0.05) is 12.6 Å². The van der Waals surface area contributed by atoms with E-state index in [1.54, 1.807) is 29.2 Å². The highest BCUT2D eigenvalue weighted by Crippen LogP contribution is 2.30. The number of carbonyl (C=O) groups is 1. The number of carbonyl (C=O) groups excluding carboxylic acids is 1. The van der Waals surface area contributed by atoms with E-state index in [9.17, 15) is 4.79 Å². The highest BCUT2D eigenvalue weighted by Gasteiger charge is 2.28. The van der Waals surface area contributed by atoms with Crippen molar-refractivity contribution in [2.75, 3.05) is 13.2 Å². The zero-order chi connectivity index (χ0) is 14.5. The second kappa shape index (κ2) is 7.17. The molecule has 0 radical (unpaired) electrons. The van der Waals surface area contributed by atoms with Gasteiger partial charge in [0.2, 0.25) is 0 Å².